The molecule has 4 aromatic carbocycles. The molecular formula is C49H45N7O7S2. The molecule has 0 spiro atoms. The number of anilines is 4. The van der Waals surface area contributed by atoms with E-state index in [-0.39, 0.29) is 11.1 Å². The Balaban J connectivity index is 0.000000159. The van der Waals surface area contributed by atoms with Crippen LogP contribution in [0.15, 0.2) is 145 Å². The van der Waals surface area contributed by atoms with Gasteiger partial charge < -0.3 is 54.5 Å². The summed E-state index contributed by atoms with van der Waals surface area (Å²) in [5.41, 5.74) is 13.3. The lowest BCUT2D eigenvalue weighted by Crippen LogP contribution is -2.36. The van der Waals surface area contributed by atoms with Crippen LogP contribution in [-0.2, 0) is 16.0 Å². The molecule has 7 heterocycles. The van der Waals surface area contributed by atoms with Crippen molar-refractivity contribution in [3.8, 4) is 51.3 Å². The molecule has 0 aliphatic carbocycles. The lowest BCUT2D eigenvalue weighted by atomic mass is 10.1. The molecule has 7 aromatic rings. The Morgan fingerprint density at radius 1 is 0.662 bits per heavy atom. The van der Waals surface area contributed by atoms with Crippen LogP contribution >= 0.6 is 23.5 Å². The molecule has 0 amide bonds. The molecule has 0 radical (unpaired) electrons. The fraction of sp³-hybridized carbons (Fsp3) is 0.204. The number of para-hydroxylation sites is 2. The fourth-order valence-corrected chi connectivity index (χ4v) is 10.0. The first-order valence-corrected chi connectivity index (χ1v) is 22.8. The standard InChI is InChI=1S/C28H26N4O4S.C21H19N3O3S/c1-34-21-11-18(15-29-17-21)16-30-19-5-6-24-26(12-19)37-25-4-2-3-22(28(25)36-24)23-13-20(14-27(33)31-23)32-7-9-35-10-8-32;22-13-4-5-17-19(10-13)28-18-3-1-2-15(21(18)27-17)16-11-14(12-20(25)23-16)24-6-8-26-9-7-24/h2-6,11-15,17,30H,7-10,16H2,1H3,(H,31,33);1-5,10-12H,6-9,22H2,(H,23,25). The van der Waals surface area contributed by atoms with E-state index in [1.165, 1.54) is 0 Å². The number of fused-ring (bicyclic) bond motifs is 4. The Labute approximate surface area is 383 Å². The third kappa shape index (κ3) is 9.38. The summed E-state index contributed by atoms with van der Waals surface area (Å²) in [7, 11) is 1.64. The van der Waals surface area contributed by atoms with E-state index in [2.05, 4.69) is 36.1 Å². The maximum atomic E-state index is 12.6. The minimum Gasteiger partial charge on any atom is -0.495 e. The van der Waals surface area contributed by atoms with Gasteiger partial charge in [-0.05, 0) is 84.4 Å². The van der Waals surface area contributed by atoms with E-state index in [0.717, 1.165) is 120 Å². The van der Waals surface area contributed by atoms with Crippen molar-refractivity contribution < 1.29 is 23.7 Å². The number of nitrogen functional groups attached to an aromatic ring is 1. The highest BCUT2D eigenvalue weighted by Crippen LogP contribution is 2.52. The summed E-state index contributed by atoms with van der Waals surface area (Å²) in [5, 5.41) is 3.45. The van der Waals surface area contributed by atoms with Crippen molar-refractivity contribution in [1.29, 1.82) is 0 Å². The molecule has 2 saturated heterocycles. The van der Waals surface area contributed by atoms with Crippen molar-refractivity contribution in [2.75, 3.05) is 80.6 Å². The van der Waals surface area contributed by atoms with Gasteiger partial charge in [-0.2, -0.15) is 0 Å². The largest absolute Gasteiger partial charge is 0.495 e. The number of H-pyrrole nitrogens is 2. The molecule has 4 aliphatic rings. The molecule has 65 heavy (non-hydrogen) atoms. The minimum absolute atomic E-state index is 0.131. The number of ether oxygens (including phenoxy) is 5. The number of nitrogens with one attached hydrogen (secondary N) is 3. The molecule has 3 aromatic heterocycles. The summed E-state index contributed by atoms with van der Waals surface area (Å²) in [6.07, 6.45) is 3.51. The van der Waals surface area contributed by atoms with Gasteiger partial charge in [0.2, 0.25) is 11.1 Å². The average molecular weight is 908 g/mol. The van der Waals surface area contributed by atoms with Crippen molar-refractivity contribution in [1.82, 2.24) is 15.0 Å². The fourth-order valence-electron chi connectivity index (χ4n) is 7.99. The molecule has 4 aliphatic heterocycles. The monoisotopic (exact) mass is 907 g/mol. The summed E-state index contributed by atoms with van der Waals surface area (Å²) in [6, 6.07) is 32.9. The number of benzene rings is 4. The van der Waals surface area contributed by atoms with Crippen molar-refractivity contribution in [2.24, 2.45) is 0 Å². The SMILES string of the molecule is COc1cncc(CNc2ccc3c(c2)Sc2cccc(-c4cc(N5CCOCC5)cc(=O)[nH]4)c2O3)c1.Nc1ccc2c(c1)Sc1cccc(-c3cc(N4CCOCC4)cc(=O)[nH]3)c1O2. The zero-order valence-electron chi connectivity index (χ0n) is 35.4. The third-order valence-electron chi connectivity index (χ3n) is 11.2. The van der Waals surface area contributed by atoms with Gasteiger partial charge in [0.25, 0.3) is 0 Å². The molecule has 14 nitrogen and oxygen atoms in total. The molecule has 0 unspecified atom stereocenters. The van der Waals surface area contributed by atoms with Crippen LogP contribution < -0.4 is 46.2 Å². The number of hydrogen-bond acceptors (Lipinski definition) is 14. The summed E-state index contributed by atoms with van der Waals surface area (Å²) >= 11 is 3.27. The van der Waals surface area contributed by atoms with Crippen molar-refractivity contribution in [3.63, 3.8) is 0 Å². The molecule has 330 valence electrons. The van der Waals surface area contributed by atoms with Crippen LogP contribution in [0.5, 0.6) is 28.7 Å². The molecule has 0 atom stereocenters. The first kappa shape index (κ1) is 42.1. The lowest BCUT2D eigenvalue weighted by Gasteiger charge is -2.29. The summed E-state index contributed by atoms with van der Waals surface area (Å²) < 4.78 is 28.8. The van der Waals surface area contributed by atoms with Gasteiger partial charge >= 0.3 is 0 Å². The van der Waals surface area contributed by atoms with Crippen LogP contribution in [0, 0.1) is 0 Å². The highest BCUT2D eigenvalue weighted by molar-refractivity contribution is 8.00. The number of aromatic amines is 2. The van der Waals surface area contributed by atoms with E-state index in [1.54, 1.807) is 49.0 Å². The molecule has 2 fully saturated rings. The zero-order chi connectivity index (χ0) is 44.3. The minimum atomic E-state index is -0.137. The Hall–Kier alpha value is -6.85. The molecule has 16 heteroatoms. The van der Waals surface area contributed by atoms with E-state index in [4.69, 9.17) is 29.4 Å². The van der Waals surface area contributed by atoms with Crippen LogP contribution in [0.3, 0.4) is 0 Å². The zero-order valence-corrected chi connectivity index (χ0v) is 37.1. The average Bonchev–Trinajstić information content (AvgIpc) is 3.34. The van der Waals surface area contributed by atoms with E-state index in [0.29, 0.717) is 38.7 Å². The lowest BCUT2D eigenvalue weighted by molar-refractivity contribution is 0.122. The number of hydrogen-bond donors (Lipinski definition) is 4. The second-order valence-electron chi connectivity index (χ2n) is 15.6. The van der Waals surface area contributed by atoms with Crippen molar-refractivity contribution >= 4 is 46.3 Å². The quantitative estimate of drug-likeness (QED) is 0.107. The number of nitrogens with two attached hydrogens (primary N) is 1. The normalized spacial score (nSPS) is 14.8. The highest BCUT2D eigenvalue weighted by atomic mass is 32.2. The van der Waals surface area contributed by atoms with Gasteiger partial charge in [0.05, 0.1) is 70.7 Å². The van der Waals surface area contributed by atoms with E-state index in [1.807, 2.05) is 91.1 Å². The Morgan fingerprint density at radius 2 is 1.22 bits per heavy atom. The summed E-state index contributed by atoms with van der Waals surface area (Å²) in [6.45, 7) is 6.36. The molecule has 5 N–H and O–H groups in total. The Bertz CT molecular complexity index is 3000. The van der Waals surface area contributed by atoms with Crippen molar-refractivity contribution in [3.05, 3.63) is 142 Å². The highest BCUT2D eigenvalue weighted by Gasteiger charge is 2.25. The summed E-state index contributed by atoms with van der Waals surface area (Å²) in [5.74, 6) is 3.78. The molecule has 11 rings (SSSR count). The molecular weight excluding hydrogens is 863 g/mol. The third-order valence-corrected chi connectivity index (χ3v) is 13.4. The van der Waals surface area contributed by atoms with Crippen LogP contribution in [-0.4, -0.2) is 74.7 Å². The number of nitrogens with zero attached hydrogens (tertiary/aromatic N) is 3. The number of rotatable bonds is 8. The predicted octanol–water partition coefficient (Wildman–Crippen LogP) is 8.87. The van der Waals surface area contributed by atoms with E-state index >= 15 is 0 Å². The van der Waals surface area contributed by atoms with Crippen molar-refractivity contribution in [2.45, 2.75) is 26.1 Å². The van der Waals surface area contributed by atoms with Crippen LogP contribution in [0.25, 0.3) is 22.5 Å². The molecule has 0 bridgehead atoms. The number of aromatic nitrogens is 3. The van der Waals surface area contributed by atoms with Gasteiger partial charge in [-0.25, -0.2) is 0 Å². The maximum Gasteiger partial charge on any atom is 0.250 e. The summed E-state index contributed by atoms with van der Waals surface area (Å²) in [4.78, 5) is 43.4. The Kier molecular flexibility index (Phi) is 12.1. The maximum absolute atomic E-state index is 12.6. The van der Waals surface area contributed by atoms with Gasteiger partial charge in [-0.15, -0.1) is 0 Å². The Morgan fingerprint density at radius 3 is 1.78 bits per heavy atom. The van der Waals surface area contributed by atoms with E-state index < -0.39 is 0 Å². The van der Waals surface area contributed by atoms with Crippen LogP contribution in [0.1, 0.15) is 5.56 Å². The van der Waals surface area contributed by atoms with Gasteiger partial charge in [0.1, 0.15) is 17.2 Å². The topological polar surface area (TPSA) is 169 Å². The predicted molar refractivity (Wildman–Crippen MR) is 255 cm³/mol. The van der Waals surface area contributed by atoms with Crippen LogP contribution in [0.4, 0.5) is 22.7 Å². The van der Waals surface area contributed by atoms with Crippen LogP contribution in [0.2, 0.25) is 0 Å². The number of methoxy groups -OCH3 is 1. The van der Waals surface area contributed by atoms with Gasteiger partial charge in [0.15, 0.2) is 11.5 Å². The first-order valence-electron chi connectivity index (χ1n) is 21.2. The van der Waals surface area contributed by atoms with Gasteiger partial charge in [-0.3, -0.25) is 14.6 Å². The first-order chi connectivity index (χ1) is 31.8. The second-order valence-corrected chi connectivity index (χ2v) is 17.7. The molecule has 0 saturated carbocycles. The number of pyridine rings is 3. The second kappa shape index (κ2) is 18.7. The van der Waals surface area contributed by atoms with Gasteiger partial charge in [-0.1, -0.05) is 35.7 Å². The van der Waals surface area contributed by atoms with Gasteiger partial charge in [0, 0.05) is 84.9 Å². The smallest absolute Gasteiger partial charge is 0.250 e. The number of morpholine rings is 2. The van der Waals surface area contributed by atoms with E-state index in [9.17, 15) is 9.59 Å².